The van der Waals surface area contributed by atoms with Gasteiger partial charge in [-0.05, 0) is 31.0 Å². The molecule has 0 aliphatic carbocycles. The fourth-order valence-corrected chi connectivity index (χ4v) is 1.32. The van der Waals surface area contributed by atoms with Crippen molar-refractivity contribution in [1.82, 2.24) is 4.98 Å². The van der Waals surface area contributed by atoms with Crippen LogP contribution in [-0.2, 0) is 0 Å². The van der Waals surface area contributed by atoms with Crippen LogP contribution in [0.1, 0.15) is 19.9 Å². The van der Waals surface area contributed by atoms with Gasteiger partial charge in [-0.15, -0.1) is 0 Å². The van der Waals surface area contributed by atoms with Crippen LogP contribution in [-0.4, -0.2) is 4.98 Å². The molecule has 2 aromatic rings. The molecule has 2 rings (SSSR count). The summed E-state index contributed by atoms with van der Waals surface area (Å²) in [5, 5.41) is 1.19. The van der Waals surface area contributed by atoms with E-state index >= 15 is 0 Å². The zero-order chi connectivity index (χ0) is 9.26. The number of rotatable bonds is 1. The van der Waals surface area contributed by atoms with Crippen LogP contribution in [0, 0.1) is 0 Å². The van der Waals surface area contributed by atoms with Gasteiger partial charge in [-0.2, -0.15) is 0 Å². The third-order valence-electron chi connectivity index (χ3n) is 2.15. The van der Waals surface area contributed by atoms with E-state index in [0.29, 0.717) is 6.04 Å². The normalized spacial score (nSPS) is 10.2. The number of hydrogen-bond donors (Lipinski definition) is 0. The minimum absolute atomic E-state index is 0. The Morgan fingerprint density at radius 2 is 1.93 bits per heavy atom. The van der Waals surface area contributed by atoms with Gasteiger partial charge in [-0.25, -0.2) is 4.57 Å². The maximum atomic E-state index is 4.37. The largest absolute Gasteiger partial charge is 1.00 e. The van der Waals surface area contributed by atoms with Crippen molar-refractivity contribution in [3.8, 4) is 0 Å². The van der Waals surface area contributed by atoms with Gasteiger partial charge >= 0.3 is 0 Å². The highest BCUT2D eigenvalue weighted by molar-refractivity contribution is 5.76. The molecule has 0 aliphatic heterocycles. The summed E-state index contributed by atoms with van der Waals surface area (Å²) in [5.41, 5.74) is 1.06. The molecule has 0 bridgehead atoms. The van der Waals surface area contributed by atoms with Gasteiger partial charge in [0.2, 0.25) is 0 Å². The van der Waals surface area contributed by atoms with Gasteiger partial charge in [0.15, 0.2) is 5.52 Å². The average Bonchev–Trinajstić information content (AvgIpc) is 2.17. The average molecular weight is 300 g/mol. The highest BCUT2D eigenvalue weighted by Gasteiger charge is 2.05. The van der Waals surface area contributed by atoms with Crippen molar-refractivity contribution in [3.63, 3.8) is 0 Å². The molecule has 3 heteroatoms. The summed E-state index contributed by atoms with van der Waals surface area (Å²) in [4.78, 5) is 4.37. The molecule has 74 valence electrons. The molecule has 0 aliphatic rings. The first-order valence-electron chi connectivity index (χ1n) is 4.53. The zero-order valence-corrected chi connectivity index (χ0v) is 10.5. The fourth-order valence-electron chi connectivity index (χ4n) is 1.32. The predicted molar refractivity (Wildman–Crippen MR) is 52.3 cm³/mol. The SMILES string of the molecule is CC(C)[n+]1cnc2ccccc2c1.[I-]. The zero-order valence-electron chi connectivity index (χ0n) is 8.31. The monoisotopic (exact) mass is 300 g/mol. The summed E-state index contributed by atoms with van der Waals surface area (Å²) >= 11 is 0. The molecule has 0 saturated heterocycles. The standard InChI is InChI=1S/C11H13N2.HI/c1-9(2)13-7-10-5-3-4-6-11(10)12-8-13;/h3-9H,1-2H3;1H/q+1;/p-1. The third kappa shape index (κ3) is 2.20. The molecular weight excluding hydrogens is 287 g/mol. The predicted octanol–water partition coefficient (Wildman–Crippen LogP) is -0.893. The van der Waals surface area contributed by atoms with E-state index in [1.54, 1.807) is 0 Å². The second-order valence-corrected chi connectivity index (χ2v) is 3.47. The first-order valence-corrected chi connectivity index (χ1v) is 4.53. The van der Waals surface area contributed by atoms with E-state index in [-0.39, 0.29) is 24.0 Å². The quantitative estimate of drug-likeness (QED) is 0.493. The third-order valence-corrected chi connectivity index (χ3v) is 2.15. The van der Waals surface area contributed by atoms with Crippen LogP contribution in [0.15, 0.2) is 36.8 Å². The first-order chi connectivity index (χ1) is 6.27. The Labute approximate surface area is 101 Å². The lowest BCUT2D eigenvalue weighted by molar-refractivity contribution is -0.717. The van der Waals surface area contributed by atoms with Crippen LogP contribution >= 0.6 is 0 Å². The van der Waals surface area contributed by atoms with E-state index in [1.165, 1.54) is 5.39 Å². The van der Waals surface area contributed by atoms with Crippen molar-refractivity contribution in [2.24, 2.45) is 0 Å². The fraction of sp³-hybridized carbons (Fsp3) is 0.273. The topological polar surface area (TPSA) is 16.8 Å². The Balaban J connectivity index is 0.000000980. The van der Waals surface area contributed by atoms with Gasteiger partial charge in [0.1, 0.15) is 6.20 Å². The van der Waals surface area contributed by atoms with E-state index in [9.17, 15) is 0 Å². The van der Waals surface area contributed by atoms with Crippen LogP contribution in [0.2, 0.25) is 0 Å². The lowest BCUT2D eigenvalue weighted by atomic mass is 10.2. The number of fused-ring (bicyclic) bond motifs is 1. The molecule has 0 fully saturated rings. The van der Waals surface area contributed by atoms with Crippen LogP contribution in [0.5, 0.6) is 0 Å². The molecule has 0 saturated carbocycles. The lowest BCUT2D eigenvalue weighted by Gasteiger charge is -2.01. The molecule has 0 unspecified atom stereocenters. The van der Waals surface area contributed by atoms with Crippen molar-refractivity contribution in [2.75, 3.05) is 0 Å². The van der Waals surface area contributed by atoms with Crippen LogP contribution in [0.25, 0.3) is 10.9 Å². The number of hydrogen-bond acceptors (Lipinski definition) is 1. The first kappa shape index (κ1) is 11.4. The number of aromatic nitrogens is 2. The van der Waals surface area contributed by atoms with Gasteiger partial charge in [0.05, 0.1) is 11.4 Å². The van der Waals surface area contributed by atoms with Gasteiger partial charge in [0, 0.05) is 0 Å². The van der Waals surface area contributed by atoms with Gasteiger partial charge in [0.25, 0.3) is 6.33 Å². The molecule has 0 N–H and O–H groups in total. The highest BCUT2D eigenvalue weighted by Crippen LogP contribution is 2.07. The minimum atomic E-state index is 0. The minimum Gasteiger partial charge on any atom is -1.00 e. The van der Waals surface area contributed by atoms with E-state index in [1.807, 2.05) is 24.5 Å². The maximum Gasteiger partial charge on any atom is 0.287 e. The molecule has 1 heterocycles. The van der Waals surface area contributed by atoms with Gasteiger partial charge < -0.3 is 24.0 Å². The molecule has 0 spiro atoms. The summed E-state index contributed by atoms with van der Waals surface area (Å²) in [5.74, 6) is 0. The number of para-hydroxylation sites is 1. The van der Waals surface area contributed by atoms with Gasteiger partial charge in [-0.3, -0.25) is 0 Å². The molecule has 0 atom stereocenters. The Kier molecular flexibility index (Phi) is 3.80. The van der Waals surface area contributed by atoms with E-state index in [2.05, 4.69) is 35.7 Å². The second-order valence-electron chi connectivity index (χ2n) is 3.47. The van der Waals surface area contributed by atoms with Crippen LogP contribution in [0.3, 0.4) is 0 Å². The summed E-state index contributed by atoms with van der Waals surface area (Å²) in [6.07, 6.45) is 4.01. The molecule has 2 nitrogen and oxygen atoms in total. The maximum absolute atomic E-state index is 4.37. The van der Waals surface area contributed by atoms with Crippen LogP contribution < -0.4 is 28.5 Å². The summed E-state index contributed by atoms with van der Waals surface area (Å²) in [6.45, 7) is 4.30. The Morgan fingerprint density at radius 3 is 2.64 bits per heavy atom. The van der Waals surface area contributed by atoms with Gasteiger partial charge in [-0.1, -0.05) is 12.1 Å². The van der Waals surface area contributed by atoms with E-state index in [4.69, 9.17) is 0 Å². The summed E-state index contributed by atoms with van der Waals surface area (Å²) in [7, 11) is 0. The summed E-state index contributed by atoms with van der Waals surface area (Å²) in [6, 6.07) is 8.63. The van der Waals surface area contributed by atoms with Crippen molar-refractivity contribution < 1.29 is 28.5 Å². The Bertz CT molecular complexity index is 426. The van der Waals surface area contributed by atoms with Crippen molar-refractivity contribution in [1.29, 1.82) is 0 Å². The van der Waals surface area contributed by atoms with E-state index < -0.39 is 0 Å². The van der Waals surface area contributed by atoms with Crippen molar-refractivity contribution >= 4 is 10.9 Å². The summed E-state index contributed by atoms with van der Waals surface area (Å²) < 4.78 is 2.11. The second kappa shape index (κ2) is 4.68. The Hall–Kier alpha value is -0.710. The molecule has 1 aromatic heterocycles. The Morgan fingerprint density at radius 1 is 1.21 bits per heavy atom. The van der Waals surface area contributed by atoms with Crippen LogP contribution in [0.4, 0.5) is 0 Å². The highest BCUT2D eigenvalue weighted by atomic mass is 127. The molecular formula is C11H13IN2. The number of nitrogens with zero attached hydrogens (tertiary/aromatic N) is 2. The molecule has 1 aromatic carbocycles. The van der Waals surface area contributed by atoms with E-state index in [0.717, 1.165) is 5.52 Å². The number of benzene rings is 1. The molecule has 0 radical (unpaired) electrons. The molecule has 0 amide bonds. The van der Waals surface area contributed by atoms with Crippen molar-refractivity contribution in [3.05, 3.63) is 36.8 Å². The lowest BCUT2D eigenvalue weighted by Crippen LogP contribution is -3.00. The number of halogens is 1. The van der Waals surface area contributed by atoms with Crippen molar-refractivity contribution in [2.45, 2.75) is 19.9 Å². The smallest absolute Gasteiger partial charge is 0.287 e. The molecule has 14 heavy (non-hydrogen) atoms.